The third-order valence-electron chi connectivity index (χ3n) is 2.74. The quantitative estimate of drug-likeness (QED) is 0.812. The van der Waals surface area contributed by atoms with E-state index >= 15 is 0 Å². The van der Waals surface area contributed by atoms with E-state index in [1.54, 1.807) is 6.20 Å². The molecule has 0 aliphatic carbocycles. The van der Waals surface area contributed by atoms with E-state index in [0.29, 0.717) is 5.56 Å². The number of aliphatic hydroxyl groups excluding tert-OH is 1. The number of halogens is 2. The van der Waals surface area contributed by atoms with E-state index < -0.39 is 18.1 Å². The van der Waals surface area contributed by atoms with Crippen molar-refractivity contribution >= 4 is 35.1 Å². The molecule has 0 saturated carbocycles. The van der Waals surface area contributed by atoms with Crippen LogP contribution in [0.2, 0.25) is 0 Å². The standard InChI is InChI=1S/C11H11Cl2N3O4/c1-20-7(17)5-15-3-6(2-14-15)4-16-10(18)8(12)9(13)11(16)19/h2-3,10,18H,4-5H2,1H3. The second-order valence-electron chi connectivity index (χ2n) is 4.09. The molecule has 1 amide bonds. The Bertz CT molecular complexity index is 584. The second-order valence-corrected chi connectivity index (χ2v) is 4.88. The lowest BCUT2D eigenvalue weighted by Gasteiger charge is -2.19. The van der Waals surface area contributed by atoms with E-state index in [4.69, 9.17) is 23.2 Å². The maximum Gasteiger partial charge on any atom is 0.327 e. The Kier molecular flexibility index (Phi) is 4.32. The van der Waals surface area contributed by atoms with Crippen LogP contribution in [0.1, 0.15) is 5.56 Å². The Labute approximate surface area is 124 Å². The normalized spacial score (nSPS) is 18.9. The number of methoxy groups -OCH3 is 1. The van der Waals surface area contributed by atoms with Crippen LogP contribution in [-0.4, -0.2) is 45.0 Å². The SMILES string of the molecule is COC(=O)Cn1cc(CN2C(=O)C(Cl)=C(Cl)C2O)cn1. The molecule has 9 heteroatoms. The molecule has 1 aliphatic rings. The first kappa shape index (κ1) is 14.8. The number of aliphatic hydroxyl groups is 1. The summed E-state index contributed by atoms with van der Waals surface area (Å²) in [6, 6.07) is 0. The fourth-order valence-electron chi connectivity index (χ4n) is 1.72. The van der Waals surface area contributed by atoms with Crippen molar-refractivity contribution < 1.29 is 19.4 Å². The number of hydrogen-bond donors (Lipinski definition) is 1. The first-order valence-corrected chi connectivity index (χ1v) is 6.32. The molecule has 0 fully saturated rings. The molecule has 20 heavy (non-hydrogen) atoms. The van der Waals surface area contributed by atoms with Crippen LogP contribution in [0.15, 0.2) is 22.5 Å². The monoisotopic (exact) mass is 319 g/mol. The molecule has 1 aromatic rings. The molecule has 1 N–H and O–H groups in total. The zero-order chi connectivity index (χ0) is 14.9. The average molecular weight is 320 g/mol. The van der Waals surface area contributed by atoms with Crippen LogP contribution in [0.4, 0.5) is 0 Å². The topological polar surface area (TPSA) is 84.7 Å². The third-order valence-corrected chi connectivity index (χ3v) is 3.58. The number of aromatic nitrogens is 2. The maximum atomic E-state index is 11.8. The van der Waals surface area contributed by atoms with Crippen LogP contribution in [0.25, 0.3) is 0 Å². The molecule has 0 spiro atoms. The zero-order valence-corrected chi connectivity index (χ0v) is 11.9. The van der Waals surface area contributed by atoms with Gasteiger partial charge in [0.25, 0.3) is 5.91 Å². The summed E-state index contributed by atoms with van der Waals surface area (Å²) < 4.78 is 5.88. The van der Waals surface area contributed by atoms with Crippen LogP contribution in [-0.2, 0) is 27.4 Å². The number of nitrogens with zero attached hydrogens (tertiary/aromatic N) is 3. The Balaban J connectivity index is 2.05. The minimum Gasteiger partial charge on any atom is -0.468 e. The lowest BCUT2D eigenvalue weighted by molar-refractivity contribution is -0.141. The highest BCUT2D eigenvalue weighted by atomic mass is 35.5. The number of amides is 1. The van der Waals surface area contributed by atoms with Crippen LogP contribution < -0.4 is 0 Å². The number of rotatable bonds is 4. The van der Waals surface area contributed by atoms with Crippen molar-refractivity contribution in [3.05, 3.63) is 28.0 Å². The van der Waals surface area contributed by atoms with Crippen molar-refractivity contribution in [3.8, 4) is 0 Å². The predicted octanol–water partition coefficient (Wildman–Crippen LogP) is 0.406. The molecule has 0 aromatic carbocycles. The highest BCUT2D eigenvalue weighted by Gasteiger charge is 2.36. The second kappa shape index (κ2) is 5.82. The number of esters is 1. The maximum absolute atomic E-state index is 11.8. The first-order valence-electron chi connectivity index (χ1n) is 5.56. The first-order chi connectivity index (χ1) is 9.43. The average Bonchev–Trinajstić information content (AvgIpc) is 2.94. The molecule has 1 unspecified atom stereocenters. The van der Waals surface area contributed by atoms with Crippen molar-refractivity contribution in [2.75, 3.05) is 7.11 Å². The molecular weight excluding hydrogens is 309 g/mol. The summed E-state index contributed by atoms with van der Waals surface area (Å²) in [5.74, 6) is -0.991. The van der Waals surface area contributed by atoms with E-state index in [0.717, 1.165) is 4.90 Å². The lowest BCUT2D eigenvalue weighted by atomic mass is 10.3. The van der Waals surface area contributed by atoms with Gasteiger partial charge >= 0.3 is 5.97 Å². The summed E-state index contributed by atoms with van der Waals surface area (Å²) in [5, 5.41) is 13.4. The van der Waals surface area contributed by atoms with Gasteiger partial charge in [0.2, 0.25) is 0 Å². The Morgan fingerprint density at radius 2 is 2.25 bits per heavy atom. The van der Waals surface area contributed by atoms with E-state index in [-0.39, 0.29) is 23.2 Å². The van der Waals surface area contributed by atoms with Crippen LogP contribution in [0.5, 0.6) is 0 Å². The fraction of sp³-hybridized carbons (Fsp3) is 0.364. The predicted molar refractivity (Wildman–Crippen MR) is 69.5 cm³/mol. The van der Waals surface area contributed by atoms with Crippen molar-refractivity contribution in [2.45, 2.75) is 19.3 Å². The summed E-state index contributed by atoms with van der Waals surface area (Å²) in [7, 11) is 1.28. The van der Waals surface area contributed by atoms with Gasteiger partial charge in [-0.1, -0.05) is 23.2 Å². The summed E-state index contributed by atoms with van der Waals surface area (Å²) in [4.78, 5) is 23.9. The molecule has 0 bridgehead atoms. The van der Waals surface area contributed by atoms with Gasteiger partial charge in [0, 0.05) is 11.8 Å². The summed E-state index contributed by atoms with van der Waals surface area (Å²) in [6.45, 7) is 0.0420. The lowest BCUT2D eigenvalue weighted by Crippen LogP contribution is -2.34. The molecule has 0 saturated heterocycles. The summed E-state index contributed by atoms with van der Waals surface area (Å²) in [6.07, 6.45) is 1.78. The number of ether oxygens (including phenoxy) is 1. The van der Waals surface area contributed by atoms with Gasteiger partial charge in [0.15, 0.2) is 6.23 Å². The number of carbonyl (C=O) groups excluding carboxylic acids is 2. The van der Waals surface area contributed by atoms with Crippen molar-refractivity contribution in [1.29, 1.82) is 0 Å². The van der Waals surface area contributed by atoms with Gasteiger partial charge in [0.1, 0.15) is 11.6 Å². The van der Waals surface area contributed by atoms with Gasteiger partial charge in [0.05, 0.1) is 24.9 Å². The van der Waals surface area contributed by atoms with Gasteiger partial charge in [-0.25, -0.2) is 0 Å². The van der Waals surface area contributed by atoms with Gasteiger partial charge in [-0.05, 0) is 0 Å². The van der Waals surface area contributed by atoms with E-state index in [1.165, 1.54) is 18.0 Å². The summed E-state index contributed by atoms with van der Waals surface area (Å²) in [5.41, 5.74) is 0.622. The molecule has 0 radical (unpaired) electrons. The fourth-order valence-corrected chi connectivity index (χ4v) is 2.12. The van der Waals surface area contributed by atoms with E-state index in [2.05, 4.69) is 9.84 Å². The molecule has 1 aromatic heterocycles. The molecule has 2 heterocycles. The zero-order valence-electron chi connectivity index (χ0n) is 10.4. The van der Waals surface area contributed by atoms with Crippen molar-refractivity contribution in [1.82, 2.24) is 14.7 Å². The molecular formula is C11H11Cl2N3O4. The smallest absolute Gasteiger partial charge is 0.327 e. The van der Waals surface area contributed by atoms with Gasteiger partial charge < -0.3 is 14.7 Å². The summed E-state index contributed by atoms with van der Waals surface area (Å²) >= 11 is 11.4. The molecule has 7 nitrogen and oxygen atoms in total. The van der Waals surface area contributed by atoms with E-state index in [9.17, 15) is 14.7 Å². The Morgan fingerprint density at radius 3 is 2.80 bits per heavy atom. The van der Waals surface area contributed by atoms with Gasteiger partial charge in [-0.3, -0.25) is 14.3 Å². The minimum absolute atomic E-state index is 0.0350. The van der Waals surface area contributed by atoms with Gasteiger partial charge in [-0.15, -0.1) is 0 Å². The van der Waals surface area contributed by atoms with Crippen molar-refractivity contribution in [3.63, 3.8) is 0 Å². The molecule has 108 valence electrons. The minimum atomic E-state index is -1.26. The van der Waals surface area contributed by atoms with Crippen LogP contribution >= 0.6 is 23.2 Å². The Hall–Kier alpha value is -1.57. The molecule has 2 rings (SSSR count). The molecule has 1 atom stereocenters. The van der Waals surface area contributed by atoms with Gasteiger partial charge in [-0.2, -0.15) is 5.10 Å². The number of carbonyl (C=O) groups is 2. The van der Waals surface area contributed by atoms with Crippen LogP contribution in [0, 0.1) is 0 Å². The van der Waals surface area contributed by atoms with Crippen molar-refractivity contribution in [2.24, 2.45) is 0 Å². The largest absolute Gasteiger partial charge is 0.468 e. The third kappa shape index (κ3) is 2.79. The van der Waals surface area contributed by atoms with E-state index in [1.807, 2.05) is 0 Å². The number of hydrogen-bond acceptors (Lipinski definition) is 5. The Morgan fingerprint density at radius 1 is 1.55 bits per heavy atom. The highest BCUT2D eigenvalue weighted by molar-refractivity contribution is 6.49. The van der Waals surface area contributed by atoms with Crippen LogP contribution in [0.3, 0.4) is 0 Å². The highest BCUT2D eigenvalue weighted by Crippen LogP contribution is 2.30. The molecule has 1 aliphatic heterocycles.